The van der Waals surface area contributed by atoms with E-state index in [9.17, 15) is 4.79 Å². The van der Waals surface area contributed by atoms with Crippen molar-refractivity contribution in [1.29, 1.82) is 0 Å². The van der Waals surface area contributed by atoms with Gasteiger partial charge in [-0.05, 0) is 46.5 Å². The quantitative estimate of drug-likeness (QED) is 0.362. The van der Waals surface area contributed by atoms with Crippen LogP contribution in [0.2, 0.25) is 0 Å². The van der Waals surface area contributed by atoms with Gasteiger partial charge >= 0.3 is 5.97 Å². The SMILES string of the molecule is CC#C[C@@H](CC(=O)O)c1ccc(OCc2cccc(Cn3cc4ccccc4c3)c2)cc1. The van der Waals surface area contributed by atoms with E-state index in [1.807, 2.05) is 24.3 Å². The Morgan fingerprint density at radius 2 is 1.66 bits per heavy atom. The zero-order valence-electron chi connectivity index (χ0n) is 18.0. The summed E-state index contributed by atoms with van der Waals surface area (Å²) in [6, 6.07) is 24.3. The Labute approximate surface area is 188 Å². The Kier molecular flexibility index (Phi) is 6.57. The van der Waals surface area contributed by atoms with Crippen LogP contribution in [0.25, 0.3) is 10.8 Å². The van der Waals surface area contributed by atoms with Crippen LogP contribution in [-0.2, 0) is 17.9 Å². The fourth-order valence-electron chi connectivity index (χ4n) is 3.82. The van der Waals surface area contributed by atoms with Crippen LogP contribution in [0.5, 0.6) is 5.75 Å². The van der Waals surface area contributed by atoms with E-state index in [4.69, 9.17) is 9.84 Å². The molecule has 0 spiro atoms. The summed E-state index contributed by atoms with van der Waals surface area (Å²) in [5.74, 6) is 5.36. The summed E-state index contributed by atoms with van der Waals surface area (Å²) in [4.78, 5) is 11.1. The molecule has 0 aliphatic rings. The van der Waals surface area contributed by atoms with E-state index in [2.05, 4.69) is 77.3 Å². The van der Waals surface area contributed by atoms with Crippen LogP contribution in [0.1, 0.15) is 36.0 Å². The molecule has 0 saturated heterocycles. The predicted molar refractivity (Wildman–Crippen MR) is 127 cm³/mol. The molecule has 0 aliphatic heterocycles. The second kappa shape index (κ2) is 9.89. The Morgan fingerprint density at radius 1 is 0.969 bits per heavy atom. The number of aromatic nitrogens is 1. The van der Waals surface area contributed by atoms with E-state index < -0.39 is 5.97 Å². The molecule has 0 saturated carbocycles. The lowest BCUT2D eigenvalue weighted by atomic mass is 9.96. The van der Waals surface area contributed by atoms with Crippen molar-refractivity contribution in [2.24, 2.45) is 0 Å². The van der Waals surface area contributed by atoms with E-state index in [1.54, 1.807) is 6.92 Å². The second-order valence-electron chi connectivity index (χ2n) is 7.78. The van der Waals surface area contributed by atoms with E-state index in [-0.39, 0.29) is 12.3 Å². The Balaban J connectivity index is 1.39. The first-order valence-corrected chi connectivity index (χ1v) is 10.6. The molecule has 1 heterocycles. The topological polar surface area (TPSA) is 51.5 Å². The maximum Gasteiger partial charge on any atom is 0.304 e. The third-order valence-corrected chi connectivity index (χ3v) is 5.35. The molecule has 0 aliphatic carbocycles. The molecule has 0 amide bonds. The van der Waals surface area contributed by atoms with Gasteiger partial charge in [0, 0.05) is 18.9 Å². The van der Waals surface area contributed by atoms with Crippen LogP contribution in [0.3, 0.4) is 0 Å². The number of benzene rings is 3. The molecule has 0 bridgehead atoms. The van der Waals surface area contributed by atoms with Gasteiger partial charge < -0.3 is 14.4 Å². The van der Waals surface area contributed by atoms with Crippen LogP contribution in [-0.4, -0.2) is 15.6 Å². The van der Waals surface area contributed by atoms with Crippen LogP contribution >= 0.6 is 0 Å². The minimum absolute atomic E-state index is 0.00913. The number of fused-ring (bicyclic) bond motifs is 1. The summed E-state index contributed by atoms with van der Waals surface area (Å²) in [7, 11) is 0. The van der Waals surface area contributed by atoms with E-state index >= 15 is 0 Å². The number of hydrogen-bond acceptors (Lipinski definition) is 2. The van der Waals surface area contributed by atoms with E-state index in [0.717, 1.165) is 23.4 Å². The Hall–Kier alpha value is -3.97. The molecule has 32 heavy (non-hydrogen) atoms. The summed E-state index contributed by atoms with van der Waals surface area (Å²) < 4.78 is 8.17. The molecular formula is C28H25NO3. The van der Waals surface area contributed by atoms with E-state index in [0.29, 0.717) is 6.61 Å². The van der Waals surface area contributed by atoms with Gasteiger partial charge in [-0.3, -0.25) is 4.79 Å². The Morgan fingerprint density at radius 3 is 2.31 bits per heavy atom. The first kappa shape index (κ1) is 21.3. The summed E-state index contributed by atoms with van der Waals surface area (Å²) >= 11 is 0. The second-order valence-corrected chi connectivity index (χ2v) is 7.78. The lowest BCUT2D eigenvalue weighted by Gasteiger charge is -2.11. The van der Waals surface area contributed by atoms with Crippen LogP contribution in [0, 0.1) is 11.8 Å². The normalized spacial score (nSPS) is 11.5. The maximum absolute atomic E-state index is 11.1. The molecule has 4 heteroatoms. The minimum Gasteiger partial charge on any atom is -0.489 e. The minimum atomic E-state index is -0.856. The Bertz CT molecular complexity index is 1240. The molecule has 0 fully saturated rings. The molecule has 4 nitrogen and oxygen atoms in total. The fourth-order valence-corrected chi connectivity index (χ4v) is 3.82. The third-order valence-electron chi connectivity index (χ3n) is 5.35. The van der Waals surface area contributed by atoms with Crippen LogP contribution in [0.15, 0.2) is 85.2 Å². The van der Waals surface area contributed by atoms with Crippen molar-refractivity contribution in [3.05, 3.63) is 102 Å². The molecule has 1 atom stereocenters. The van der Waals surface area contributed by atoms with E-state index in [1.165, 1.54) is 16.3 Å². The molecule has 0 radical (unpaired) electrons. The monoisotopic (exact) mass is 423 g/mol. The van der Waals surface area contributed by atoms with Gasteiger partial charge in [0.25, 0.3) is 0 Å². The van der Waals surface area contributed by atoms with Crippen molar-refractivity contribution >= 4 is 16.7 Å². The highest BCUT2D eigenvalue weighted by Gasteiger charge is 2.13. The van der Waals surface area contributed by atoms with Gasteiger partial charge in [-0.1, -0.05) is 66.6 Å². The molecule has 1 aromatic heterocycles. The van der Waals surface area contributed by atoms with Crippen LogP contribution in [0.4, 0.5) is 0 Å². The number of carbonyl (C=O) groups is 1. The fraction of sp³-hybridized carbons (Fsp3) is 0.179. The van der Waals surface area contributed by atoms with Gasteiger partial charge in [-0.25, -0.2) is 0 Å². The average Bonchev–Trinajstić information content (AvgIpc) is 3.20. The largest absolute Gasteiger partial charge is 0.489 e. The van der Waals surface area contributed by atoms with Crippen molar-refractivity contribution in [1.82, 2.24) is 4.57 Å². The molecule has 3 aromatic carbocycles. The maximum atomic E-state index is 11.1. The van der Waals surface area contributed by atoms with Gasteiger partial charge in [0.1, 0.15) is 12.4 Å². The first-order chi connectivity index (χ1) is 15.6. The zero-order valence-corrected chi connectivity index (χ0v) is 18.0. The summed E-state index contributed by atoms with van der Waals surface area (Å²) in [5.41, 5.74) is 3.20. The molecule has 4 rings (SSSR count). The number of carboxylic acid groups (broad SMARTS) is 1. The predicted octanol–water partition coefficient (Wildman–Crippen LogP) is 5.85. The molecule has 0 unspecified atom stereocenters. The lowest BCUT2D eigenvalue weighted by Crippen LogP contribution is -2.04. The molecule has 160 valence electrons. The van der Waals surface area contributed by atoms with Gasteiger partial charge in [0.2, 0.25) is 0 Å². The number of nitrogens with zero attached hydrogens (tertiary/aromatic N) is 1. The van der Waals surface area contributed by atoms with Crippen molar-refractivity contribution in [3.63, 3.8) is 0 Å². The molecular weight excluding hydrogens is 398 g/mol. The molecule has 1 N–H and O–H groups in total. The number of carboxylic acids is 1. The third kappa shape index (κ3) is 5.39. The summed E-state index contributed by atoms with van der Waals surface area (Å²) in [5, 5.41) is 11.6. The van der Waals surface area contributed by atoms with Crippen molar-refractivity contribution < 1.29 is 14.6 Å². The number of hydrogen-bond donors (Lipinski definition) is 1. The van der Waals surface area contributed by atoms with Gasteiger partial charge in [0.05, 0.1) is 12.3 Å². The van der Waals surface area contributed by atoms with Crippen molar-refractivity contribution in [2.75, 3.05) is 0 Å². The van der Waals surface area contributed by atoms with Crippen molar-refractivity contribution in [3.8, 4) is 17.6 Å². The van der Waals surface area contributed by atoms with Crippen molar-refractivity contribution in [2.45, 2.75) is 32.4 Å². The first-order valence-electron chi connectivity index (χ1n) is 10.6. The smallest absolute Gasteiger partial charge is 0.304 e. The van der Waals surface area contributed by atoms with Gasteiger partial charge in [-0.15, -0.1) is 5.92 Å². The summed E-state index contributed by atoms with van der Waals surface area (Å²) in [6.45, 7) is 2.99. The average molecular weight is 424 g/mol. The lowest BCUT2D eigenvalue weighted by molar-refractivity contribution is -0.137. The standard InChI is InChI=1S/C28H25NO3/c1-2-6-24(16-28(30)31)23-11-13-27(14-12-23)32-20-22-8-5-7-21(15-22)17-29-18-25-9-3-4-10-26(25)19-29/h3-5,7-15,18-19,24H,16-17,20H2,1H3,(H,30,31)/t24-/m0/s1. The highest BCUT2D eigenvalue weighted by molar-refractivity contribution is 5.82. The highest BCUT2D eigenvalue weighted by Crippen LogP contribution is 2.23. The number of aliphatic carboxylic acids is 1. The zero-order chi connectivity index (χ0) is 22.3. The van der Waals surface area contributed by atoms with Gasteiger partial charge in [-0.2, -0.15) is 0 Å². The van der Waals surface area contributed by atoms with Gasteiger partial charge in [0.15, 0.2) is 0 Å². The molecule has 4 aromatic rings. The number of rotatable bonds is 8. The number of ether oxygens (including phenoxy) is 1. The van der Waals surface area contributed by atoms with Crippen LogP contribution < -0.4 is 4.74 Å². The highest BCUT2D eigenvalue weighted by atomic mass is 16.5. The summed E-state index contributed by atoms with van der Waals surface area (Å²) in [6.07, 6.45) is 4.33.